The van der Waals surface area contributed by atoms with E-state index in [1.807, 2.05) is 24.3 Å². The molecule has 1 aromatic carbocycles. The molecule has 38 heavy (non-hydrogen) atoms. The van der Waals surface area contributed by atoms with E-state index in [1.165, 1.54) is 16.0 Å². The minimum atomic E-state index is -0.375. The molecule has 5 aromatic rings. The van der Waals surface area contributed by atoms with Crippen LogP contribution in [-0.4, -0.2) is 30.3 Å². The van der Waals surface area contributed by atoms with E-state index in [4.69, 9.17) is 11.6 Å². The normalized spacial score (nSPS) is 11.0. The molecule has 0 aliphatic heterocycles. The molecular formula is C27H21BrClN5O3S. The Morgan fingerprint density at radius 3 is 2.63 bits per heavy atom. The molecule has 0 fully saturated rings. The van der Waals surface area contributed by atoms with Crippen LogP contribution in [0, 0.1) is 0 Å². The van der Waals surface area contributed by atoms with Crippen molar-refractivity contribution in [3.63, 3.8) is 0 Å². The molecule has 0 spiro atoms. The van der Waals surface area contributed by atoms with Crippen molar-refractivity contribution < 1.29 is 9.90 Å². The first-order valence-corrected chi connectivity index (χ1v) is 13.5. The molecule has 0 radical (unpaired) electrons. The van der Waals surface area contributed by atoms with Gasteiger partial charge in [-0.1, -0.05) is 23.7 Å². The van der Waals surface area contributed by atoms with Crippen molar-refractivity contribution in [2.24, 2.45) is 0 Å². The summed E-state index contributed by atoms with van der Waals surface area (Å²) in [5.74, 6) is 0.0807. The highest BCUT2D eigenvalue weighted by atomic mass is 79.9. The first-order chi connectivity index (χ1) is 18.4. The van der Waals surface area contributed by atoms with Crippen molar-refractivity contribution in [1.82, 2.24) is 19.3 Å². The molecular weight excluding hydrogens is 590 g/mol. The molecule has 0 aliphatic rings. The molecule has 0 amide bonds. The smallest absolute Gasteiger partial charge is 0.280 e. The highest BCUT2D eigenvalue weighted by Gasteiger charge is 2.20. The summed E-state index contributed by atoms with van der Waals surface area (Å²) in [6, 6.07) is 17.7. The Morgan fingerprint density at radius 2 is 1.89 bits per heavy atom. The second-order valence-electron chi connectivity index (χ2n) is 8.38. The number of nitrogens with zero attached hydrogens (tertiary/aromatic N) is 4. The van der Waals surface area contributed by atoms with E-state index in [0.717, 1.165) is 10.4 Å². The van der Waals surface area contributed by atoms with Crippen LogP contribution in [0.5, 0.6) is 0 Å². The fourth-order valence-electron chi connectivity index (χ4n) is 3.90. The molecule has 5 rings (SSSR count). The monoisotopic (exact) mass is 609 g/mol. The molecule has 4 heterocycles. The number of benzene rings is 1. The Balaban J connectivity index is 1.51. The fourth-order valence-corrected chi connectivity index (χ4v) is 5.49. The summed E-state index contributed by atoms with van der Waals surface area (Å²) in [6.45, 7) is 0.643. The van der Waals surface area contributed by atoms with Crippen LogP contribution in [0.4, 0.5) is 5.82 Å². The first-order valence-electron chi connectivity index (χ1n) is 11.5. The number of hydrogen-bond donors (Lipinski definition) is 2. The molecule has 0 saturated carbocycles. The number of halogens is 2. The first kappa shape index (κ1) is 26.1. The van der Waals surface area contributed by atoms with Crippen LogP contribution in [0.3, 0.4) is 0 Å². The van der Waals surface area contributed by atoms with E-state index in [1.54, 1.807) is 59.6 Å². The lowest BCUT2D eigenvalue weighted by molar-refractivity contribution is 0.0947. The Labute approximate surface area is 235 Å². The van der Waals surface area contributed by atoms with Gasteiger partial charge in [-0.25, -0.2) is 0 Å². The summed E-state index contributed by atoms with van der Waals surface area (Å²) in [6.07, 6.45) is 5.07. The van der Waals surface area contributed by atoms with Crippen LogP contribution >= 0.6 is 38.9 Å². The number of anilines is 1. The highest BCUT2D eigenvalue weighted by molar-refractivity contribution is 9.10. The van der Waals surface area contributed by atoms with Crippen molar-refractivity contribution in [2.45, 2.75) is 19.7 Å². The van der Waals surface area contributed by atoms with Crippen LogP contribution in [0.25, 0.3) is 11.3 Å². The lowest BCUT2D eigenvalue weighted by Gasteiger charge is -2.09. The summed E-state index contributed by atoms with van der Waals surface area (Å²) < 4.78 is 3.87. The Kier molecular flexibility index (Phi) is 7.85. The number of nitrogens with one attached hydrogen (secondary N) is 1. The van der Waals surface area contributed by atoms with Crippen molar-refractivity contribution in [2.75, 3.05) is 5.32 Å². The maximum atomic E-state index is 13.5. The van der Waals surface area contributed by atoms with Gasteiger partial charge in [0.25, 0.3) is 11.5 Å². The van der Waals surface area contributed by atoms with Gasteiger partial charge in [0, 0.05) is 40.7 Å². The summed E-state index contributed by atoms with van der Waals surface area (Å²) >= 11 is 11.0. The number of carbonyl (C=O) groups is 1. The molecule has 0 saturated heterocycles. The molecule has 0 aliphatic carbocycles. The number of pyridine rings is 2. The predicted molar refractivity (Wildman–Crippen MR) is 152 cm³/mol. The second-order valence-corrected chi connectivity index (χ2v) is 11.0. The fraction of sp³-hybridized carbons (Fsp3) is 0.111. The standard InChI is InChI=1S/C27H21BrClN5O3S/c28-25-21(8-11-33(27(25)37)15-17-6-9-30-10-7-17)22-13-24(31-14-20-4-5-23(29)38-20)34(32-22)26(36)19-3-1-2-18(12-19)16-35/h1-13,31,35H,14-16H2. The van der Waals surface area contributed by atoms with Crippen LogP contribution in [0.15, 0.2) is 88.5 Å². The van der Waals surface area contributed by atoms with E-state index in [0.29, 0.717) is 50.1 Å². The minimum absolute atomic E-state index is 0.182. The third-order valence-electron chi connectivity index (χ3n) is 5.82. The van der Waals surface area contributed by atoms with Crippen LogP contribution < -0.4 is 10.9 Å². The number of carbonyl (C=O) groups excluding carboxylic acids is 1. The van der Waals surface area contributed by atoms with Crippen LogP contribution in [-0.2, 0) is 19.7 Å². The largest absolute Gasteiger partial charge is 0.392 e. The molecule has 0 atom stereocenters. The SMILES string of the molecule is O=C(c1cccc(CO)c1)n1nc(-c2ccn(Cc3ccncc3)c(=O)c2Br)cc1NCc1ccc(Cl)s1. The van der Waals surface area contributed by atoms with Gasteiger partial charge in [-0.3, -0.25) is 14.6 Å². The maximum absolute atomic E-state index is 13.5. The quantitative estimate of drug-likeness (QED) is 0.243. The van der Waals surface area contributed by atoms with Crippen molar-refractivity contribution in [3.05, 3.63) is 120 Å². The lowest BCUT2D eigenvalue weighted by Crippen LogP contribution is -2.21. The molecule has 0 unspecified atom stereocenters. The molecule has 0 bridgehead atoms. The molecule has 4 aromatic heterocycles. The lowest BCUT2D eigenvalue weighted by atomic mass is 10.1. The summed E-state index contributed by atoms with van der Waals surface area (Å²) in [7, 11) is 0. The zero-order chi connectivity index (χ0) is 26.6. The van der Waals surface area contributed by atoms with E-state index >= 15 is 0 Å². The summed E-state index contributed by atoms with van der Waals surface area (Å²) in [4.78, 5) is 31.6. The van der Waals surface area contributed by atoms with Gasteiger partial charge in [-0.05, 0) is 69.5 Å². The zero-order valence-electron chi connectivity index (χ0n) is 19.8. The Bertz CT molecular complexity index is 1670. The van der Waals surface area contributed by atoms with Gasteiger partial charge < -0.3 is 15.0 Å². The Morgan fingerprint density at radius 1 is 1.08 bits per heavy atom. The average Bonchev–Trinajstić information content (AvgIpc) is 3.56. The number of aliphatic hydroxyl groups is 1. The van der Waals surface area contributed by atoms with Gasteiger partial charge in [0.2, 0.25) is 0 Å². The number of thiophene rings is 1. The minimum Gasteiger partial charge on any atom is -0.392 e. The molecule has 8 nitrogen and oxygen atoms in total. The van der Waals surface area contributed by atoms with E-state index < -0.39 is 0 Å². The van der Waals surface area contributed by atoms with Gasteiger partial charge in [0.1, 0.15) is 5.82 Å². The molecule has 2 N–H and O–H groups in total. The van der Waals surface area contributed by atoms with Crippen LogP contribution in [0.2, 0.25) is 4.34 Å². The Hall–Kier alpha value is -3.57. The zero-order valence-corrected chi connectivity index (χ0v) is 23.0. The van der Waals surface area contributed by atoms with E-state index in [2.05, 4.69) is 31.3 Å². The third-order valence-corrected chi connectivity index (χ3v) is 7.81. The number of aliphatic hydroxyl groups excluding tert-OH is 1. The van der Waals surface area contributed by atoms with E-state index in [9.17, 15) is 14.7 Å². The van der Waals surface area contributed by atoms with Gasteiger partial charge in [-0.15, -0.1) is 11.3 Å². The highest BCUT2D eigenvalue weighted by Crippen LogP contribution is 2.29. The number of rotatable bonds is 8. The second kappa shape index (κ2) is 11.4. The van der Waals surface area contributed by atoms with Gasteiger partial charge in [0.15, 0.2) is 0 Å². The number of hydrogen-bond acceptors (Lipinski definition) is 7. The molecule has 11 heteroatoms. The predicted octanol–water partition coefficient (Wildman–Crippen LogP) is 5.43. The van der Waals surface area contributed by atoms with Gasteiger partial charge in [-0.2, -0.15) is 9.78 Å². The van der Waals surface area contributed by atoms with Crippen LogP contribution in [0.1, 0.15) is 26.4 Å². The van der Waals surface area contributed by atoms with E-state index in [-0.39, 0.29) is 18.1 Å². The number of aromatic nitrogens is 4. The maximum Gasteiger partial charge on any atom is 0.280 e. The van der Waals surface area contributed by atoms with Gasteiger partial charge in [0.05, 0.1) is 34.2 Å². The van der Waals surface area contributed by atoms with Crippen molar-refractivity contribution >= 4 is 50.6 Å². The topological polar surface area (TPSA) is 102 Å². The summed E-state index contributed by atoms with van der Waals surface area (Å²) in [5, 5.41) is 17.4. The van der Waals surface area contributed by atoms with Crippen molar-refractivity contribution in [3.8, 4) is 11.3 Å². The third kappa shape index (κ3) is 5.63. The van der Waals surface area contributed by atoms with Gasteiger partial charge >= 0.3 is 0 Å². The van der Waals surface area contributed by atoms with Crippen molar-refractivity contribution in [1.29, 1.82) is 0 Å². The average molecular weight is 611 g/mol. The molecule has 192 valence electrons. The summed E-state index contributed by atoms with van der Waals surface area (Å²) in [5.41, 5.74) is 2.72.